The summed E-state index contributed by atoms with van der Waals surface area (Å²) in [5.74, 6) is -1.19. The molecule has 4 N–H and O–H groups in total. The molecule has 5 heteroatoms. The van der Waals surface area contributed by atoms with Crippen molar-refractivity contribution < 1.29 is 36.7 Å². The van der Waals surface area contributed by atoms with Crippen LogP contribution in [0.2, 0.25) is 0 Å². The summed E-state index contributed by atoms with van der Waals surface area (Å²) in [5, 5.41) is 15.8. The third-order valence-electron chi connectivity index (χ3n) is 0.357. The summed E-state index contributed by atoms with van der Waals surface area (Å²) >= 11 is 0. The number of aliphatic hydroxyl groups is 1. The average molecular weight is 154 g/mol. The molecule has 0 saturated heterocycles. The van der Waals surface area contributed by atoms with Crippen LogP contribution < -0.4 is 0 Å². The third kappa shape index (κ3) is 9.44. The Labute approximate surface area is 62.4 Å². The number of nitrogens with two attached hydrogens (primary N) is 1. The number of aliphatic hydroxyl groups excluding tert-OH is 1. The van der Waals surface area contributed by atoms with Gasteiger partial charge in [-0.1, -0.05) is 0 Å². The van der Waals surface area contributed by atoms with Gasteiger partial charge < -0.3 is 16.4 Å². The van der Waals surface area contributed by atoms with Gasteiger partial charge in [0.15, 0.2) is 0 Å². The van der Waals surface area contributed by atoms with E-state index in [9.17, 15) is 4.79 Å². The zero-order valence-corrected chi connectivity index (χ0v) is 6.02. The van der Waals surface area contributed by atoms with Crippen molar-refractivity contribution in [1.82, 2.24) is 0 Å². The largest absolute Gasteiger partial charge is 0.693 e. The average Bonchev–Trinajstić information content (AvgIpc) is 1.36. The van der Waals surface area contributed by atoms with Gasteiger partial charge in [0, 0.05) is 21.7 Å². The van der Waals surface area contributed by atoms with Crippen molar-refractivity contribution in [3.63, 3.8) is 0 Å². The first-order valence-corrected chi connectivity index (χ1v) is 1.55. The van der Waals surface area contributed by atoms with Gasteiger partial charge in [-0.25, -0.2) is 4.79 Å². The Bertz CT molecular complexity index is 65.5. The zero-order valence-electron chi connectivity index (χ0n) is 4.46. The first-order valence-electron chi connectivity index (χ1n) is 1.55. The first kappa shape index (κ1) is 15.7. The van der Waals surface area contributed by atoms with Crippen LogP contribution in [0.3, 0.4) is 0 Å². The number of carbonyl (C=O) groups is 1. The van der Waals surface area contributed by atoms with E-state index in [1.807, 2.05) is 0 Å². The van der Waals surface area contributed by atoms with Crippen molar-refractivity contribution in [3.8, 4) is 0 Å². The molecular weight excluding hydrogens is 146 g/mol. The topological polar surface area (TPSA) is 91.0 Å². The van der Waals surface area contributed by atoms with E-state index in [0.29, 0.717) is 0 Å². The standard InChI is InChI=1S/C3H6O3.H2N.Ti/c1-2(4)3(5)6;;/h2,4H,1H3,(H,5,6);1H2;/q;-1;. The third-order valence-corrected chi connectivity index (χ3v) is 0.357. The molecule has 0 aromatic carbocycles. The van der Waals surface area contributed by atoms with Crippen LogP contribution in [0, 0.1) is 0 Å². The fourth-order valence-corrected chi connectivity index (χ4v) is 0. The normalized spacial score (nSPS) is 10.2. The maximum absolute atomic E-state index is 9.45. The van der Waals surface area contributed by atoms with Gasteiger partial charge in [0.2, 0.25) is 0 Å². The van der Waals surface area contributed by atoms with Gasteiger partial charge >= 0.3 is 5.97 Å². The van der Waals surface area contributed by atoms with E-state index in [0.717, 1.165) is 0 Å². The van der Waals surface area contributed by atoms with Crippen molar-refractivity contribution in [2.45, 2.75) is 13.0 Å². The fraction of sp³-hybridized carbons (Fsp3) is 0.667. The number of hydrogen-bond acceptors (Lipinski definition) is 2. The second-order valence-electron chi connectivity index (χ2n) is 1.01. The van der Waals surface area contributed by atoms with Gasteiger partial charge in [-0.2, -0.15) is 0 Å². The number of carboxylic acids is 1. The van der Waals surface area contributed by atoms with E-state index in [-0.39, 0.29) is 27.9 Å². The summed E-state index contributed by atoms with van der Waals surface area (Å²) in [4.78, 5) is 9.45. The van der Waals surface area contributed by atoms with Gasteiger partial charge in [-0.3, -0.25) is 0 Å². The van der Waals surface area contributed by atoms with E-state index < -0.39 is 12.1 Å². The van der Waals surface area contributed by atoms with Crippen LogP contribution in [-0.2, 0) is 26.5 Å². The summed E-state index contributed by atoms with van der Waals surface area (Å²) in [5.41, 5.74) is 0. The molecule has 0 aliphatic carbocycles. The molecule has 0 aliphatic heterocycles. The molecule has 48 valence electrons. The number of rotatable bonds is 1. The van der Waals surface area contributed by atoms with Crippen LogP contribution in [0.4, 0.5) is 0 Å². The molecule has 0 spiro atoms. The van der Waals surface area contributed by atoms with Crippen molar-refractivity contribution in [2.24, 2.45) is 0 Å². The molecule has 1 unspecified atom stereocenters. The Hall–Kier alpha value is 0.104. The summed E-state index contributed by atoms with van der Waals surface area (Å²) in [6, 6.07) is 0. The molecule has 0 aliphatic rings. The molecule has 0 amide bonds. The van der Waals surface area contributed by atoms with Crippen LogP contribution in [-0.4, -0.2) is 22.3 Å². The van der Waals surface area contributed by atoms with Gasteiger partial charge in [0.1, 0.15) is 6.10 Å². The molecule has 8 heavy (non-hydrogen) atoms. The van der Waals surface area contributed by atoms with Gasteiger partial charge in [0.05, 0.1) is 0 Å². The predicted octanol–water partition coefficient (Wildman–Crippen LogP) is 0.166. The summed E-state index contributed by atoms with van der Waals surface area (Å²) in [7, 11) is 0. The SMILES string of the molecule is CC(O)C(=O)O.[NH2-].[Ti]. The molecule has 0 rings (SSSR count). The monoisotopic (exact) mass is 154 g/mol. The van der Waals surface area contributed by atoms with E-state index in [1.54, 1.807) is 0 Å². The van der Waals surface area contributed by atoms with E-state index >= 15 is 0 Å². The number of aliphatic carboxylic acids is 1. The zero-order chi connectivity index (χ0) is 5.15. The minimum atomic E-state index is -1.23. The summed E-state index contributed by atoms with van der Waals surface area (Å²) in [6.45, 7) is 1.20. The van der Waals surface area contributed by atoms with Crippen LogP contribution in [0.15, 0.2) is 0 Å². The molecule has 0 aromatic heterocycles. The molecule has 0 saturated carbocycles. The number of hydrogen-bond donors (Lipinski definition) is 2. The Morgan fingerprint density at radius 1 is 1.62 bits per heavy atom. The second kappa shape index (κ2) is 7.10. The van der Waals surface area contributed by atoms with E-state index in [2.05, 4.69) is 0 Å². The molecule has 0 fully saturated rings. The van der Waals surface area contributed by atoms with Crippen molar-refractivity contribution in [2.75, 3.05) is 0 Å². The Morgan fingerprint density at radius 2 is 1.75 bits per heavy atom. The van der Waals surface area contributed by atoms with Gasteiger partial charge in [-0.15, -0.1) is 0 Å². The minimum Gasteiger partial charge on any atom is -0.693 e. The Morgan fingerprint density at radius 3 is 1.75 bits per heavy atom. The van der Waals surface area contributed by atoms with Crippen LogP contribution >= 0.6 is 0 Å². The van der Waals surface area contributed by atoms with Crippen LogP contribution in [0.1, 0.15) is 6.92 Å². The molecule has 0 radical (unpaired) electrons. The maximum Gasteiger partial charge on any atom is 0.332 e. The minimum absolute atomic E-state index is 0. The summed E-state index contributed by atoms with van der Waals surface area (Å²) in [6.07, 6.45) is -1.23. The van der Waals surface area contributed by atoms with E-state index in [1.165, 1.54) is 6.92 Å². The van der Waals surface area contributed by atoms with Crippen LogP contribution in [0.5, 0.6) is 0 Å². The fourth-order valence-electron chi connectivity index (χ4n) is 0. The Kier molecular flexibility index (Phi) is 13.9. The molecule has 0 aromatic rings. The van der Waals surface area contributed by atoms with Crippen LogP contribution in [0.25, 0.3) is 6.15 Å². The number of carboxylic acid groups (broad SMARTS) is 1. The van der Waals surface area contributed by atoms with Crippen molar-refractivity contribution in [1.29, 1.82) is 0 Å². The molecule has 4 nitrogen and oxygen atoms in total. The van der Waals surface area contributed by atoms with Crippen molar-refractivity contribution in [3.05, 3.63) is 6.15 Å². The molecule has 0 bridgehead atoms. The molecule has 0 heterocycles. The van der Waals surface area contributed by atoms with Crippen molar-refractivity contribution >= 4 is 5.97 Å². The first-order chi connectivity index (χ1) is 2.64. The predicted molar refractivity (Wildman–Crippen MR) is 24.6 cm³/mol. The maximum atomic E-state index is 9.45. The second-order valence-corrected chi connectivity index (χ2v) is 1.01. The quantitative estimate of drug-likeness (QED) is 0.527. The van der Waals surface area contributed by atoms with Gasteiger partial charge in [0.25, 0.3) is 0 Å². The summed E-state index contributed by atoms with van der Waals surface area (Å²) < 4.78 is 0. The smallest absolute Gasteiger partial charge is 0.332 e. The Balaban J connectivity index is -0.000000125. The molecular formula is C3H8NO3Ti-. The van der Waals surface area contributed by atoms with E-state index in [4.69, 9.17) is 10.2 Å². The van der Waals surface area contributed by atoms with Gasteiger partial charge in [-0.05, 0) is 6.92 Å². The molecule has 1 atom stereocenters.